The number of nitriles is 1. The molecule has 1 rings (SSSR count). The maximum absolute atomic E-state index is 12.2. The van der Waals surface area contributed by atoms with Gasteiger partial charge in [-0.3, -0.25) is 14.5 Å². The number of carbonyl (C=O) groups is 2. The van der Waals surface area contributed by atoms with Gasteiger partial charge in [-0.25, -0.2) is 0 Å². The molecule has 0 radical (unpaired) electrons. The van der Waals surface area contributed by atoms with Crippen molar-refractivity contribution in [3.05, 3.63) is 29.8 Å². The lowest BCUT2D eigenvalue weighted by molar-refractivity contribution is -0.124. The number of benzene rings is 1. The fourth-order valence-electron chi connectivity index (χ4n) is 1.74. The monoisotopic (exact) mass is 288 g/mol. The molecule has 0 saturated carbocycles. The highest BCUT2D eigenvalue weighted by molar-refractivity contribution is 5.96. The standard InChI is InChI=1S/C15H20N4O2/c1-4-17-14(20)10-19(3)11(2)15(21)18-13-8-6-5-7-12(13)9-16/h5-8,11H,4,10H2,1-3H3,(H,17,20)(H,18,21). The average Bonchev–Trinajstić information content (AvgIpc) is 2.47. The number of amides is 2. The first-order valence-corrected chi connectivity index (χ1v) is 6.76. The topological polar surface area (TPSA) is 85.2 Å². The van der Waals surface area contributed by atoms with Crippen molar-refractivity contribution in [1.29, 1.82) is 5.26 Å². The molecule has 1 aromatic carbocycles. The maximum atomic E-state index is 12.2. The first-order valence-electron chi connectivity index (χ1n) is 6.76. The van der Waals surface area contributed by atoms with Crippen LogP contribution in [0.5, 0.6) is 0 Å². The lowest BCUT2D eigenvalue weighted by Crippen LogP contribution is -2.44. The summed E-state index contributed by atoms with van der Waals surface area (Å²) in [6.07, 6.45) is 0. The fraction of sp³-hybridized carbons (Fsp3) is 0.400. The van der Waals surface area contributed by atoms with Crippen LogP contribution in [-0.2, 0) is 9.59 Å². The van der Waals surface area contributed by atoms with Crippen molar-refractivity contribution >= 4 is 17.5 Å². The zero-order chi connectivity index (χ0) is 15.8. The van der Waals surface area contributed by atoms with E-state index >= 15 is 0 Å². The Balaban J connectivity index is 2.66. The Morgan fingerprint density at radius 1 is 1.38 bits per heavy atom. The third kappa shape index (κ3) is 4.89. The van der Waals surface area contributed by atoms with Gasteiger partial charge in [-0.05, 0) is 33.0 Å². The van der Waals surface area contributed by atoms with Gasteiger partial charge in [-0.2, -0.15) is 5.26 Å². The molecule has 112 valence electrons. The Hall–Kier alpha value is -2.39. The molecule has 0 bridgehead atoms. The second kappa shape index (κ2) is 8.02. The van der Waals surface area contributed by atoms with Gasteiger partial charge in [0.2, 0.25) is 11.8 Å². The summed E-state index contributed by atoms with van der Waals surface area (Å²) < 4.78 is 0. The number of hydrogen-bond donors (Lipinski definition) is 2. The molecule has 0 fully saturated rings. The van der Waals surface area contributed by atoms with Gasteiger partial charge in [0, 0.05) is 6.54 Å². The van der Waals surface area contributed by atoms with E-state index in [1.807, 2.05) is 13.0 Å². The summed E-state index contributed by atoms with van der Waals surface area (Å²) in [6.45, 7) is 4.25. The van der Waals surface area contributed by atoms with Gasteiger partial charge in [0.05, 0.1) is 23.8 Å². The van der Waals surface area contributed by atoms with Crippen LogP contribution in [0.15, 0.2) is 24.3 Å². The van der Waals surface area contributed by atoms with Gasteiger partial charge >= 0.3 is 0 Å². The normalized spacial score (nSPS) is 11.6. The van der Waals surface area contributed by atoms with Crippen LogP contribution in [0.25, 0.3) is 0 Å². The lowest BCUT2D eigenvalue weighted by Gasteiger charge is -2.23. The van der Waals surface area contributed by atoms with E-state index in [1.54, 1.807) is 43.1 Å². The van der Waals surface area contributed by atoms with E-state index in [0.717, 1.165) is 0 Å². The van der Waals surface area contributed by atoms with Crippen LogP contribution in [0, 0.1) is 11.3 Å². The Bertz CT molecular complexity index is 551. The van der Waals surface area contributed by atoms with Crippen LogP contribution in [0.1, 0.15) is 19.4 Å². The fourth-order valence-corrected chi connectivity index (χ4v) is 1.74. The highest BCUT2D eigenvalue weighted by atomic mass is 16.2. The third-order valence-corrected chi connectivity index (χ3v) is 3.11. The second-order valence-electron chi connectivity index (χ2n) is 4.69. The van der Waals surface area contributed by atoms with E-state index in [0.29, 0.717) is 17.8 Å². The summed E-state index contributed by atoms with van der Waals surface area (Å²) in [4.78, 5) is 25.3. The number of anilines is 1. The number of para-hydroxylation sites is 1. The number of nitrogens with zero attached hydrogens (tertiary/aromatic N) is 2. The van der Waals surface area contributed by atoms with Crippen LogP contribution in [0.3, 0.4) is 0 Å². The lowest BCUT2D eigenvalue weighted by atomic mass is 10.2. The van der Waals surface area contributed by atoms with Crippen LogP contribution in [0.2, 0.25) is 0 Å². The van der Waals surface area contributed by atoms with Crippen LogP contribution in [-0.4, -0.2) is 42.9 Å². The summed E-state index contributed by atoms with van der Waals surface area (Å²) in [5.41, 5.74) is 0.882. The van der Waals surface area contributed by atoms with E-state index in [-0.39, 0.29) is 18.4 Å². The van der Waals surface area contributed by atoms with E-state index < -0.39 is 6.04 Å². The highest BCUT2D eigenvalue weighted by Crippen LogP contribution is 2.14. The zero-order valence-corrected chi connectivity index (χ0v) is 12.5. The molecular weight excluding hydrogens is 268 g/mol. The molecule has 2 N–H and O–H groups in total. The molecule has 6 nitrogen and oxygen atoms in total. The van der Waals surface area contributed by atoms with Gasteiger partial charge in [0.25, 0.3) is 0 Å². The molecular formula is C15H20N4O2. The summed E-state index contributed by atoms with van der Waals surface area (Å²) >= 11 is 0. The first-order chi connectivity index (χ1) is 9.99. The summed E-state index contributed by atoms with van der Waals surface area (Å²) in [5, 5.41) is 14.4. The van der Waals surface area contributed by atoms with Crippen molar-refractivity contribution in [3.63, 3.8) is 0 Å². The quantitative estimate of drug-likeness (QED) is 0.816. The van der Waals surface area contributed by atoms with Crippen molar-refractivity contribution in [2.75, 3.05) is 25.5 Å². The number of hydrogen-bond acceptors (Lipinski definition) is 4. The Morgan fingerprint density at radius 3 is 2.67 bits per heavy atom. The zero-order valence-electron chi connectivity index (χ0n) is 12.5. The molecule has 0 spiro atoms. The SMILES string of the molecule is CCNC(=O)CN(C)C(C)C(=O)Nc1ccccc1C#N. The maximum Gasteiger partial charge on any atom is 0.241 e. The second-order valence-corrected chi connectivity index (χ2v) is 4.69. The first kappa shape index (κ1) is 16.7. The number of rotatable bonds is 6. The summed E-state index contributed by atoms with van der Waals surface area (Å²) in [6, 6.07) is 8.33. The third-order valence-electron chi connectivity index (χ3n) is 3.11. The molecule has 0 saturated heterocycles. The molecule has 1 aromatic rings. The molecule has 0 aromatic heterocycles. The van der Waals surface area contributed by atoms with Gasteiger partial charge in [0.15, 0.2) is 0 Å². The largest absolute Gasteiger partial charge is 0.355 e. The van der Waals surface area contributed by atoms with E-state index in [4.69, 9.17) is 5.26 Å². The van der Waals surface area contributed by atoms with Crippen LogP contribution >= 0.6 is 0 Å². The van der Waals surface area contributed by atoms with Crippen molar-refractivity contribution in [3.8, 4) is 6.07 Å². The Kier molecular flexibility index (Phi) is 6.37. The minimum absolute atomic E-state index is 0.128. The smallest absolute Gasteiger partial charge is 0.241 e. The minimum Gasteiger partial charge on any atom is -0.355 e. The van der Waals surface area contributed by atoms with Crippen molar-refractivity contribution in [2.45, 2.75) is 19.9 Å². The summed E-state index contributed by atoms with van der Waals surface area (Å²) in [7, 11) is 1.70. The predicted molar refractivity (Wildman–Crippen MR) is 80.6 cm³/mol. The predicted octanol–water partition coefficient (Wildman–Crippen LogP) is 0.953. The van der Waals surface area contributed by atoms with Gasteiger partial charge in [0.1, 0.15) is 6.07 Å². The highest BCUT2D eigenvalue weighted by Gasteiger charge is 2.20. The van der Waals surface area contributed by atoms with E-state index in [9.17, 15) is 9.59 Å². The number of likely N-dealkylation sites (N-methyl/N-ethyl adjacent to an activating group) is 2. The van der Waals surface area contributed by atoms with E-state index in [2.05, 4.69) is 10.6 Å². The molecule has 1 atom stereocenters. The number of nitrogens with one attached hydrogen (secondary N) is 2. The van der Waals surface area contributed by atoms with Crippen LogP contribution < -0.4 is 10.6 Å². The Morgan fingerprint density at radius 2 is 2.05 bits per heavy atom. The molecule has 0 aliphatic rings. The van der Waals surface area contributed by atoms with Gasteiger partial charge in [-0.15, -0.1) is 0 Å². The molecule has 0 heterocycles. The van der Waals surface area contributed by atoms with Crippen molar-refractivity contribution < 1.29 is 9.59 Å². The molecule has 2 amide bonds. The molecule has 6 heteroatoms. The molecule has 1 unspecified atom stereocenters. The summed E-state index contributed by atoms with van der Waals surface area (Å²) in [5.74, 6) is -0.387. The van der Waals surface area contributed by atoms with Gasteiger partial charge in [-0.1, -0.05) is 12.1 Å². The molecule has 21 heavy (non-hydrogen) atoms. The Labute approximate surface area is 124 Å². The minimum atomic E-state index is -0.487. The van der Waals surface area contributed by atoms with Gasteiger partial charge < -0.3 is 10.6 Å². The van der Waals surface area contributed by atoms with E-state index in [1.165, 1.54) is 0 Å². The van der Waals surface area contributed by atoms with Crippen LogP contribution in [0.4, 0.5) is 5.69 Å². The average molecular weight is 288 g/mol. The molecule has 0 aliphatic heterocycles. The molecule has 0 aliphatic carbocycles. The number of carbonyl (C=O) groups excluding carboxylic acids is 2. The van der Waals surface area contributed by atoms with Crippen molar-refractivity contribution in [2.24, 2.45) is 0 Å². The van der Waals surface area contributed by atoms with Crippen molar-refractivity contribution in [1.82, 2.24) is 10.2 Å².